The van der Waals surface area contributed by atoms with Gasteiger partial charge in [-0.15, -0.1) is 0 Å². The molecule has 1 unspecified atom stereocenters. The van der Waals surface area contributed by atoms with E-state index in [2.05, 4.69) is 22.4 Å². The van der Waals surface area contributed by atoms with Crippen molar-refractivity contribution in [1.82, 2.24) is 14.7 Å². The second kappa shape index (κ2) is 4.66. The van der Waals surface area contributed by atoms with Gasteiger partial charge >= 0.3 is 0 Å². The highest BCUT2D eigenvalue weighted by molar-refractivity contribution is 5.39. The van der Waals surface area contributed by atoms with Crippen LogP contribution in [-0.4, -0.2) is 40.9 Å². The Bertz CT molecular complexity index is 307. The fraction of sp³-hybridized carbons (Fsp3) is 0.727. The Morgan fingerprint density at radius 1 is 1.33 bits per heavy atom. The minimum absolute atomic E-state index is 0.610. The SMILES string of the molecule is CN1CCCC(Nc2cnn(C)c2)CC1. The first-order valence-electron chi connectivity index (χ1n) is 5.68. The highest BCUT2D eigenvalue weighted by atomic mass is 15.3. The summed E-state index contributed by atoms with van der Waals surface area (Å²) in [5, 5.41) is 7.72. The van der Waals surface area contributed by atoms with Gasteiger partial charge in [-0.2, -0.15) is 5.10 Å². The van der Waals surface area contributed by atoms with Gasteiger partial charge in [-0.3, -0.25) is 4.68 Å². The molecular weight excluding hydrogens is 188 g/mol. The lowest BCUT2D eigenvalue weighted by Gasteiger charge is -2.16. The number of hydrogen-bond donors (Lipinski definition) is 1. The second-order valence-corrected chi connectivity index (χ2v) is 4.48. The predicted molar refractivity (Wildman–Crippen MR) is 62.0 cm³/mol. The Morgan fingerprint density at radius 2 is 2.20 bits per heavy atom. The smallest absolute Gasteiger partial charge is 0.0728 e. The zero-order chi connectivity index (χ0) is 10.7. The molecule has 0 aliphatic carbocycles. The van der Waals surface area contributed by atoms with Crippen molar-refractivity contribution in [2.45, 2.75) is 25.3 Å². The number of hydrogen-bond acceptors (Lipinski definition) is 3. The van der Waals surface area contributed by atoms with E-state index in [-0.39, 0.29) is 0 Å². The molecular formula is C11H20N4. The number of rotatable bonds is 2. The van der Waals surface area contributed by atoms with Crippen LogP contribution in [-0.2, 0) is 7.05 Å². The van der Waals surface area contributed by atoms with Gasteiger partial charge in [0.05, 0.1) is 11.9 Å². The van der Waals surface area contributed by atoms with Gasteiger partial charge in [0.2, 0.25) is 0 Å². The lowest BCUT2D eigenvalue weighted by atomic mass is 10.1. The maximum absolute atomic E-state index is 4.16. The second-order valence-electron chi connectivity index (χ2n) is 4.48. The summed E-state index contributed by atoms with van der Waals surface area (Å²) in [5.74, 6) is 0. The zero-order valence-electron chi connectivity index (χ0n) is 9.61. The summed E-state index contributed by atoms with van der Waals surface area (Å²) < 4.78 is 1.84. The van der Waals surface area contributed by atoms with Crippen molar-refractivity contribution in [3.8, 4) is 0 Å². The van der Waals surface area contributed by atoms with Crippen LogP contribution in [0.15, 0.2) is 12.4 Å². The lowest BCUT2D eigenvalue weighted by Crippen LogP contribution is -2.22. The minimum atomic E-state index is 0.610. The number of aromatic nitrogens is 2. The maximum Gasteiger partial charge on any atom is 0.0728 e. The monoisotopic (exact) mass is 208 g/mol. The van der Waals surface area contributed by atoms with Crippen LogP contribution in [0.1, 0.15) is 19.3 Å². The Morgan fingerprint density at radius 3 is 2.93 bits per heavy atom. The maximum atomic E-state index is 4.16. The van der Waals surface area contributed by atoms with Crippen LogP contribution in [0.2, 0.25) is 0 Å². The van der Waals surface area contributed by atoms with Crippen LogP contribution in [0.4, 0.5) is 5.69 Å². The summed E-state index contributed by atoms with van der Waals surface area (Å²) in [6, 6.07) is 0.610. The first-order valence-corrected chi connectivity index (χ1v) is 5.68. The first-order chi connectivity index (χ1) is 7.24. The third kappa shape index (κ3) is 2.96. The summed E-state index contributed by atoms with van der Waals surface area (Å²) in [5.41, 5.74) is 1.15. The van der Waals surface area contributed by atoms with Gasteiger partial charge in [-0.05, 0) is 39.4 Å². The molecule has 0 saturated carbocycles. The summed E-state index contributed by atoms with van der Waals surface area (Å²) in [6.07, 6.45) is 7.71. The van der Waals surface area contributed by atoms with Gasteiger partial charge in [0, 0.05) is 19.3 Å². The lowest BCUT2D eigenvalue weighted by molar-refractivity contribution is 0.348. The largest absolute Gasteiger partial charge is 0.380 e. The fourth-order valence-electron chi connectivity index (χ4n) is 2.12. The zero-order valence-corrected chi connectivity index (χ0v) is 9.61. The topological polar surface area (TPSA) is 33.1 Å². The first kappa shape index (κ1) is 10.5. The number of likely N-dealkylation sites (tertiary alicyclic amines) is 1. The van der Waals surface area contributed by atoms with Crippen molar-refractivity contribution in [1.29, 1.82) is 0 Å². The Labute approximate surface area is 91.3 Å². The summed E-state index contributed by atoms with van der Waals surface area (Å²) in [7, 11) is 4.15. The Kier molecular flexibility index (Phi) is 3.26. The van der Waals surface area contributed by atoms with Crippen LogP contribution >= 0.6 is 0 Å². The van der Waals surface area contributed by atoms with E-state index in [0.717, 1.165) is 5.69 Å². The molecule has 0 bridgehead atoms. The predicted octanol–water partition coefficient (Wildman–Crippen LogP) is 1.32. The molecule has 1 aliphatic rings. The molecule has 1 atom stereocenters. The molecule has 1 saturated heterocycles. The third-order valence-electron chi connectivity index (χ3n) is 3.03. The van der Waals surface area contributed by atoms with E-state index in [1.54, 1.807) is 0 Å². The molecule has 2 heterocycles. The van der Waals surface area contributed by atoms with Gasteiger partial charge in [-0.1, -0.05) is 0 Å². The highest BCUT2D eigenvalue weighted by Crippen LogP contribution is 2.15. The number of nitrogens with one attached hydrogen (secondary N) is 1. The molecule has 1 fully saturated rings. The van der Waals surface area contributed by atoms with Crippen molar-refractivity contribution < 1.29 is 0 Å². The van der Waals surface area contributed by atoms with Gasteiger partial charge in [0.15, 0.2) is 0 Å². The highest BCUT2D eigenvalue weighted by Gasteiger charge is 2.14. The van der Waals surface area contributed by atoms with Crippen LogP contribution < -0.4 is 5.32 Å². The molecule has 2 rings (SSSR count). The average Bonchev–Trinajstić information content (AvgIpc) is 2.48. The summed E-state index contributed by atoms with van der Waals surface area (Å²) >= 11 is 0. The normalized spacial score (nSPS) is 23.7. The third-order valence-corrected chi connectivity index (χ3v) is 3.03. The molecule has 0 aromatic carbocycles. The number of nitrogens with zero attached hydrogens (tertiary/aromatic N) is 3. The molecule has 1 N–H and O–H groups in total. The standard InChI is InChI=1S/C11H20N4/c1-14-6-3-4-10(5-7-14)13-11-8-12-15(2)9-11/h8-10,13H,3-7H2,1-2H3. The van der Waals surface area contributed by atoms with E-state index in [9.17, 15) is 0 Å². The van der Waals surface area contributed by atoms with E-state index in [4.69, 9.17) is 0 Å². The van der Waals surface area contributed by atoms with Gasteiger partial charge < -0.3 is 10.2 Å². The molecule has 0 radical (unpaired) electrons. The molecule has 84 valence electrons. The van der Waals surface area contributed by atoms with Crippen molar-refractivity contribution in [3.05, 3.63) is 12.4 Å². The summed E-state index contributed by atoms with van der Waals surface area (Å²) in [4.78, 5) is 2.41. The Balaban J connectivity index is 1.88. The summed E-state index contributed by atoms with van der Waals surface area (Å²) in [6.45, 7) is 2.42. The van der Waals surface area contributed by atoms with Gasteiger partial charge in [-0.25, -0.2) is 0 Å². The van der Waals surface area contributed by atoms with E-state index in [1.165, 1.54) is 32.4 Å². The fourth-order valence-corrected chi connectivity index (χ4v) is 2.12. The number of aryl methyl sites for hydroxylation is 1. The minimum Gasteiger partial charge on any atom is -0.380 e. The van der Waals surface area contributed by atoms with Crippen LogP contribution in [0.3, 0.4) is 0 Å². The van der Waals surface area contributed by atoms with E-state index in [1.807, 2.05) is 24.1 Å². The van der Waals surface area contributed by atoms with Crippen LogP contribution in [0.25, 0.3) is 0 Å². The van der Waals surface area contributed by atoms with Crippen molar-refractivity contribution in [2.24, 2.45) is 7.05 Å². The van der Waals surface area contributed by atoms with Crippen molar-refractivity contribution >= 4 is 5.69 Å². The molecule has 4 nitrogen and oxygen atoms in total. The molecule has 15 heavy (non-hydrogen) atoms. The van der Waals surface area contributed by atoms with Crippen molar-refractivity contribution in [3.63, 3.8) is 0 Å². The molecule has 1 aromatic rings. The van der Waals surface area contributed by atoms with Crippen LogP contribution in [0, 0.1) is 0 Å². The van der Waals surface area contributed by atoms with E-state index in [0.29, 0.717) is 6.04 Å². The molecule has 0 spiro atoms. The van der Waals surface area contributed by atoms with Gasteiger partial charge in [0.25, 0.3) is 0 Å². The van der Waals surface area contributed by atoms with Gasteiger partial charge in [0.1, 0.15) is 0 Å². The molecule has 1 aromatic heterocycles. The Hall–Kier alpha value is -1.03. The molecule has 1 aliphatic heterocycles. The van der Waals surface area contributed by atoms with E-state index >= 15 is 0 Å². The van der Waals surface area contributed by atoms with Crippen LogP contribution in [0.5, 0.6) is 0 Å². The van der Waals surface area contributed by atoms with Crippen molar-refractivity contribution in [2.75, 3.05) is 25.5 Å². The average molecular weight is 208 g/mol. The molecule has 0 amide bonds. The molecule has 4 heteroatoms. The van der Waals surface area contributed by atoms with E-state index < -0.39 is 0 Å². The quantitative estimate of drug-likeness (QED) is 0.795. The number of anilines is 1.